The Balaban J connectivity index is 1.81. The van der Waals surface area contributed by atoms with Crippen molar-refractivity contribution >= 4 is 45.7 Å². The van der Waals surface area contributed by atoms with E-state index in [1.54, 1.807) is 11.5 Å². The largest absolute Gasteiger partial charge is 0.300 e. The van der Waals surface area contributed by atoms with Crippen LogP contribution in [0.2, 0.25) is 0 Å². The molecule has 0 saturated carbocycles. The van der Waals surface area contributed by atoms with E-state index in [4.69, 9.17) is 4.52 Å². The first-order valence-electron chi connectivity index (χ1n) is 5.30. The summed E-state index contributed by atoms with van der Waals surface area (Å²) in [5.74, 6) is 0.927. The second kappa shape index (κ2) is 5.06. The van der Waals surface area contributed by atoms with Crippen LogP contribution in [0.3, 0.4) is 0 Å². The van der Waals surface area contributed by atoms with Crippen molar-refractivity contribution in [1.29, 1.82) is 0 Å². The van der Waals surface area contributed by atoms with Gasteiger partial charge in [-0.3, -0.25) is 0 Å². The van der Waals surface area contributed by atoms with Gasteiger partial charge in [-0.1, -0.05) is 3.96 Å². The number of hydrogen-bond acceptors (Lipinski definition) is 4. The van der Waals surface area contributed by atoms with Gasteiger partial charge in [-0.15, -0.1) is 0 Å². The molecule has 0 saturated heterocycles. The Kier molecular flexibility index (Phi) is 3.44. The molecule has 7 heteroatoms. The second-order valence-electron chi connectivity index (χ2n) is 3.78. The standard InChI is InChI=1S/C11H10IN3OS2/c1-8-2-4-14(16-8)7-9-3-5-15(18-9)11-6-10(12)13-17-11/h2-6H,7H2,1H3/q+2. The Morgan fingerprint density at radius 1 is 1.39 bits per heavy atom. The Hall–Kier alpha value is -0.800. The summed E-state index contributed by atoms with van der Waals surface area (Å²) in [6.07, 6.45) is 4.02. The maximum absolute atomic E-state index is 5.51. The first-order chi connectivity index (χ1) is 8.70. The molecular formula is C11H10IN3OS2+2. The Morgan fingerprint density at radius 2 is 2.28 bits per heavy atom. The lowest BCUT2D eigenvalue weighted by Crippen LogP contribution is -2.30. The maximum Gasteiger partial charge on any atom is 0.300 e. The fourth-order valence-electron chi connectivity index (χ4n) is 1.56. The van der Waals surface area contributed by atoms with Gasteiger partial charge in [0, 0.05) is 24.5 Å². The summed E-state index contributed by atoms with van der Waals surface area (Å²) in [4.78, 5) is 1.25. The summed E-state index contributed by atoms with van der Waals surface area (Å²) in [5, 5.41) is 1.15. The molecular weight excluding hydrogens is 381 g/mol. The van der Waals surface area contributed by atoms with Gasteiger partial charge < -0.3 is 0 Å². The first-order valence-corrected chi connectivity index (χ1v) is 7.93. The molecule has 0 aliphatic heterocycles. The zero-order valence-electron chi connectivity index (χ0n) is 9.54. The van der Waals surface area contributed by atoms with Gasteiger partial charge in [-0.2, -0.15) is 4.37 Å². The first kappa shape index (κ1) is 12.2. The zero-order valence-corrected chi connectivity index (χ0v) is 13.3. The van der Waals surface area contributed by atoms with Crippen molar-refractivity contribution < 1.29 is 13.2 Å². The second-order valence-corrected chi connectivity index (χ2v) is 6.77. The highest BCUT2D eigenvalue weighted by molar-refractivity contribution is 14.1. The molecule has 3 rings (SSSR count). The van der Waals surface area contributed by atoms with Crippen molar-refractivity contribution in [2.24, 2.45) is 0 Å². The Bertz CT molecular complexity index is 673. The molecule has 92 valence electrons. The van der Waals surface area contributed by atoms with Crippen molar-refractivity contribution in [1.82, 2.24) is 4.37 Å². The Morgan fingerprint density at radius 3 is 2.94 bits per heavy atom. The molecule has 3 heterocycles. The molecule has 0 spiro atoms. The van der Waals surface area contributed by atoms with Crippen LogP contribution in [0.25, 0.3) is 5.00 Å². The fraction of sp³-hybridized carbons (Fsp3) is 0.182. The van der Waals surface area contributed by atoms with Gasteiger partial charge >= 0.3 is 5.00 Å². The van der Waals surface area contributed by atoms with Crippen LogP contribution in [-0.4, -0.2) is 4.37 Å². The number of hydrogen-bond donors (Lipinski definition) is 0. The molecule has 0 amide bonds. The van der Waals surface area contributed by atoms with Gasteiger partial charge in [-0.25, -0.2) is 4.52 Å². The molecule has 0 atom stereocenters. The number of rotatable bonds is 3. The van der Waals surface area contributed by atoms with Crippen LogP contribution < -0.4 is 8.70 Å². The van der Waals surface area contributed by atoms with E-state index in [0.29, 0.717) is 0 Å². The van der Waals surface area contributed by atoms with Crippen molar-refractivity contribution in [2.75, 3.05) is 0 Å². The average Bonchev–Trinajstić information content (AvgIpc) is 3.01. The monoisotopic (exact) mass is 391 g/mol. The molecule has 0 aliphatic rings. The predicted molar refractivity (Wildman–Crippen MR) is 77.0 cm³/mol. The third-order valence-corrected chi connectivity index (χ3v) is 5.15. The highest BCUT2D eigenvalue weighted by atomic mass is 127. The third kappa shape index (κ3) is 2.62. The zero-order chi connectivity index (χ0) is 12.5. The van der Waals surface area contributed by atoms with Crippen LogP contribution in [-0.2, 0) is 6.54 Å². The van der Waals surface area contributed by atoms with Crippen molar-refractivity contribution in [2.45, 2.75) is 13.5 Å². The SMILES string of the molecule is Cc1cc[n+](Cc2cc[n+](-c3cc(I)ns3)s2)o1. The van der Waals surface area contributed by atoms with Crippen LogP contribution in [0.15, 0.2) is 35.1 Å². The Labute approximate surface area is 126 Å². The molecule has 0 unspecified atom stereocenters. The van der Waals surface area contributed by atoms with Gasteiger partial charge in [0.05, 0.1) is 12.1 Å². The van der Waals surface area contributed by atoms with Gasteiger partial charge in [0.25, 0.3) is 0 Å². The van der Waals surface area contributed by atoms with Crippen LogP contribution in [0.1, 0.15) is 10.6 Å². The highest BCUT2D eigenvalue weighted by Gasteiger charge is 2.18. The van der Waals surface area contributed by atoms with Crippen LogP contribution >= 0.6 is 45.7 Å². The fourth-order valence-corrected chi connectivity index (χ4v) is 3.94. The van der Waals surface area contributed by atoms with Gasteiger partial charge in [0.2, 0.25) is 12.7 Å². The molecule has 0 N–H and O–H groups in total. The lowest BCUT2D eigenvalue weighted by molar-refractivity contribution is -0.858. The minimum absolute atomic E-state index is 0.765. The summed E-state index contributed by atoms with van der Waals surface area (Å²) >= 11 is 5.45. The van der Waals surface area contributed by atoms with Gasteiger partial charge in [0.15, 0.2) is 23.5 Å². The number of aryl methyl sites for hydroxylation is 1. The molecule has 0 fully saturated rings. The highest BCUT2D eigenvalue weighted by Crippen LogP contribution is 2.14. The summed E-state index contributed by atoms with van der Waals surface area (Å²) < 4.78 is 14.8. The van der Waals surface area contributed by atoms with E-state index in [2.05, 4.69) is 49.3 Å². The third-order valence-electron chi connectivity index (χ3n) is 2.35. The summed E-state index contributed by atoms with van der Waals surface area (Å²) in [6, 6.07) is 6.16. The number of nitrogens with zero attached hydrogens (tertiary/aromatic N) is 3. The summed E-state index contributed by atoms with van der Waals surface area (Å²) in [6.45, 7) is 2.71. The van der Waals surface area contributed by atoms with Crippen molar-refractivity contribution in [3.8, 4) is 5.00 Å². The van der Waals surface area contributed by atoms with E-state index in [1.807, 2.05) is 23.9 Å². The van der Waals surface area contributed by atoms with E-state index >= 15 is 0 Å². The molecule has 3 aromatic rings. The van der Waals surface area contributed by atoms with Crippen LogP contribution in [0.5, 0.6) is 0 Å². The molecule has 3 aromatic heterocycles. The molecule has 4 nitrogen and oxygen atoms in total. The van der Waals surface area contributed by atoms with Gasteiger partial charge in [-0.05, 0) is 27.3 Å². The summed E-state index contributed by atoms with van der Waals surface area (Å²) in [7, 11) is 0. The molecule has 0 radical (unpaired) electrons. The minimum Gasteiger partial charge on any atom is -0.241 e. The van der Waals surface area contributed by atoms with Crippen LogP contribution in [0.4, 0.5) is 0 Å². The predicted octanol–water partition coefficient (Wildman–Crippen LogP) is 2.32. The quantitative estimate of drug-likeness (QED) is 0.507. The minimum atomic E-state index is 0.765. The molecule has 0 bridgehead atoms. The van der Waals surface area contributed by atoms with E-state index in [0.717, 1.165) is 21.0 Å². The number of aromatic nitrogens is 3. The lowest BCUT2D eigenvalue weighted by atomic mass is 10.5. The molecule has 0 aromatic carbocycles. The number of halogens is 1. The topological polar surface area (TPSA) is 33.8 Å². The normalized spacial score (nSPS) is 11.0. The van der Waals surface area contributed by atoms with E-state index in [1.165, 1.54) is 16.4 Å². The van der Waals surface area contributed by atoms with Crippen LogP contribution in [0, 0.1) is 10.6 Å². The lowest BCUT2D eigenvalue weighted by Gasteiger charge is -1.82. The van der Waals surface area contributed by atoms with Gasteiger partial charge in [0.1, 0.15) is 8.58 Å². The summed E-state index contributed by atoms with van der Waals surface area (Å²) in [5.41, 5.74) is 0. The van der Waals surface area contributed by atoms with E-state index < -0.39 is 0 Å². The van der Waals surface area contributed by atoms with Crippen molar-refractivity contribution in [3.05, 3.63) is 44.9 Å². The van der Waals surface area contributed by atoms with Crippen molar-refractivity contribution in [3.63, 3.8) is 0 Å². The molecule has 0 aliphatic carbocycles. The molecule has 18 heavy (non-hydrogen) atoms. The smallest absolute Gasteiger partial charge is 0.241 e. The average molecular weight is 391 g/mol. The van der Waals surface area contributed by atoms with E-state index in [9.17, 15) is 0 Å². The maximum atomic E-state index is 5.51. The van der Waals surface area contributed by atoms with E-state index in [-0.39, 0.29) is 0 Å².